The van der Waals surface area contributed by atoms with Crippen LogP contribution in [0.5, 0.6) is 0 Å². The summed E-state index contributed by atoms with van der Waals surface area (Å²) >= 11 is 0. The molecule has 27 heavy (non-hydrogen) atoms. The molecule has 0 aromatic carbocycles. The van der Waals surface area contributed by atoms with Crippen LogP contribution in [-0.2, 0) is 22.7 Å². The fourth-order valence-electron chi connectivity index (χ4n) is 4.14. The maximum absolute atomic E-state index is 13.0. The highest BCUT2D eigenvalue weighted by atomic mass is 16.5. The Morgan fingerprint density at radius 3 is 2.74 bits per heavy atom. The third-order valence-electron chi connectivity index (χ3n) is 5.87. The molecule has 8 heteroatoms. The molecule has 2 aromatic rings. The van der Waals surface area contributed by atoms with E-state index in [4.69, 9.17) is 4.52 Å². The van der Waals surface area contributed by atoms with Crippen molar-refractivity contribution >= 4 is 11.8 Å². The van der Waals surface area contributed by atoms with E-state index in [1.54, 1.807) is 10.9 Å². The van der Waals surface area contributed by atoms with Gasteiger partial charge in [0.05, 0.1) is 18.2 Å². The van der Waals surface area contributed by atoms with Crippen molar-refractivity contribution in [1.29, 1.82) is 0 Å². The maximum Gasteiger partial charge on any atom is 0.244 e. The number of nitrogens with zero attached hydrogens (tertiary/aromatic N) is 5. The zero-order chi connectivity index (χ0) is 19.1. The van der Waals surface area contributed by atoms with Crippen molar-refractivity contribution < 1.29 is 14.1 Å². The monoisotopic (exact) mass is 371 g/mol. The number of piperidine rings is 1. The summed E-state index contributed by atoms with van der Waals surface area (Å²) in [5, 5.41) is 8.20. The molecule has 0 spiro atoms. The highest BCUT2D eigenvalue weighted by Gasteiger charge is 2.42. The Balaban J connectivity index is 1.52. The minimum Gasteiger partial charge on any atom is -0.361 e. The van der Waals surface area contributed by atoms with Crippen LogP contribution in [0.3, 0.4) is 0 Å². The average molecular weight is 371 g/mol. The minimum atomic E-state index is -0.133. The molecule has 2 amide bonds. The van der Waals surface area contributed by atoms with Gasteiger partial charge in [0.15, 0.2) is 0 Å². The second kappa shape index (κ2) is 6.83. The number of hydrogen-bond donors (Lipinski definition) is 0. The van der Waals surface area contributed by atoms with Crippen molar-refractivity contribution in [3.05, 3.63) is 35.0 Å². The third kappa shape index (κ3) is 3.24. The molecule has 2 aromatic heterocycles. The van der Waals surface area contributed by atoms with E-state index in [0.717, 1.165) is 35.6 Å². The highest BCUT2D eigenvalue weighted by Crippen LogP contribution is 2.31. The predicted octanol–water partition coefficient (Wildman–Crippen LogP) is 1.45. The van der Waals surface area contributed by atoms with E-state index in [2.05, 4.69) is 10.3 Å². The molecule has 2 bridgehead atoms. The Hall–Kier alpha value is -2.64. The first kappa shape index (κ1) is 17.8. The second-order valence-corrected chi connectivity index (χ2v) is 7.63. The van der Waals surface area contributed by atoms with E-state index >= 15 is 0 Å². The van der Waals surface area contributed by atoms with E-state index < -0.39 is 0 Å². The normalized spacial score (nSPS) is 22.4. The summed E-state index contributed by atoms with van der Waals surface area (Å²) in [6.07, 6.45) is 3.46. The molecule has 144 valence electrons. The van der Waals surface area contributed by atoms with Crippen LogP contribution in [0.1, 0.15) is 35.6 Å². The number of aromatic nitrogens is 3. The molecule has 5 heterocycles. The summed E-state index contributed by atoms with van der Waals surface area (Å²) < 4.78 is 6.96. The molecule has 5 rings (SSSR count). The first-order chi connectivity index (χ1) is 12.9. The van der Waals surface area contributed by atoms with E-state index in [-0.39, 0.29) is 30.3 Å². The minimum absolute atomic E-state index is 0.0192. The molecule has 3 saturated heterocycles. The first-order valence-electron chi connectivity index (χ1n) is 9.42. The van der Waals surface area contributed by atoms with Crippen molar-refractivity contribution in [1.82, 2.24) is 24.7 Å². The van der Waals surface area contributed by atoms with Crippen LogP contribution >= 0.6 is 0 Å². The van der Waals surface area contributed by atoms with Gasteiger partial charge in [-0.3, -0.25) is 14.3 Å². The van der Waals surface area contributed by atoms with Crippen molar-refractivity contribution in [2.75, 3.05) is 13.1 Å². The summed E-state index contributed by atoms with van der Waals surface area (Å²) in [5.41, 5.74) is 2.75. The van der Waals surface area contributed by atoms with Gasteiger partial charge in [0.1, 0.15) is 12.3 Å². The molecule has 2 unspecified atom stereocenters. The fourth-order valence-corrected chi connectivity index (χ4v) is 4.14. The molecular formula is C19H25N5O3. The van der Waals surface area contributed by atoms with Crippen LogP contribution in [0.4, 0.5) is 0 Å². The number of fused-ring (bicyclic) bond motifs is 4. The molecule has 8 nitrogen and oxygen atoms in total. The quantitative estimate of drug-likeness (QED) is 0.812. The number of amides is 2. The van der Waals surface area contributed by atoms with Gasteiger partial charge in [-0.25, -0.2) is 0 Å². The van der Waals surface area contributed by atoms with E-state index in [1.807, 2.05) is 36.6 Å². The van der Waals surface area contributed by atoms with E-state index in [1.165, 1.54) is 0 Å². The summed E-state index contributed by atoms with van der Waals surface area (Å²) in [4.78, 5) is 29.6. The van der Waals surface area contributed by atoms with Crippen molar-refractivity contribution in [3.63, 3.8) is 0 Å². The summed E-state index contributed by atoms with van der Waals surface area (Å²) in [6, 6.07) is 1.92. The van der Waals surface area contributed by atoms with Crippen molar-refractivity contribution in [2.45, 2.75) is 52.7 Å². The Morgan fingerprint density at radius 2 is 2.07 bits per heavy atom. The zero-order valence-electron chi connectivity index (χ0n) is 16.0. The van der Waals surface area contributed by atoms with Crippen LogP contribution in [0.2, 0.25) is 0 Å². The Labute approximate surface area is 158 Å². The van der Waals surface area contributed by atoms with E-state index in [0.29, 0.717) is 19.6 Å². The van der Waals surface area contributed by atoms with Gasteiger partial charge in [0.25, 0.3) is 0 Å². The summed E-state index contributed by atoms with van der Waals surface area (Å²) in [5.74, 6) is 0.775. The molecule has 0 saturated carbocycles. The molecule has 0 aliphatic carbocycles. The number of aryl methyl sites for hydroxylation is 3. The molecule has 0 N–H and O–H groups in total. The smallest absolute Gasteiger partial charge is 0.244 e. The van der Waals surface area contributed by atoms with Crippen LogP contribution in [0, 0.1) is 26.7 Å². The Morgan fingerprint density at radius 1 is 1.26 bits per heavy atom. The molecule has 3 aliphatic heterocycles. The summed E-state index contributed by atoms with van der Waals surface area (Å²) in [6.45, 7) is 7.49. The lowest BCUT2D eigenvalue weighted by molar-refractivity contribution is -0.140. The first-order valence-corrected chi connectivity index (χ1v) is 9.42. The molecule has 3 aliphatic rings. The molecular weight excluding hydrogens is 346 g/mol. The van der Waals surface area contributed by atoms with Gasteiger partial charge in [-0.1, -0.05) is 5.16 Å². The SMILES string of the molecule is Cc1noc(C)c1CN1C(=O)C2CCC1CN(C(=O)Cn1nccc1C)C2. The number of carbonyl (C=O) groups excluding carboxylic acids is 2. The van der Waals surface area contributed by atoms with Gasteiger partial charge in [-0.05, 0) is 39.7 Å². The summed E-state index contributed by atoms with van der Waals surface area (Å²) in [7, 11) is 0. The van der Waals surface area contributed by atoms with Gasteiger partial charge in [-0.15, -0.1) is 0 Å². The average Bonchev–Trinajstić information content (AvgIpc) is 3.04. The lowest BCUT2D eigenvalue weighted by Gasteiger charge is -2.35. The predicted molar refractivity (Wildman–Crippen MR) is 96.6 cm³/mol. The Bertz CT molecular complexity index is 851. The van der Waals surface area contributed by atoms with Crippen LogP contribution in [-0.4, -0.2) is 55.7 Å². The lowest BCUT2D eigenvalue weighted by Crippen LogP contribution is -2.47. The van der Waals surface area contributed by atoms with Crippen LogP contribution in [0.15, 0.2) is 16.8 Å². The largest absolute Gasteiger partial charge is 0.361 e. The van der Waals surface area contributed by atoms with Crippen molar-refractivity contribution in [3.8, 4) is 0 Å². The van der Waals surface area contributed by atoms with E-state index in [9.17, 15) is 9.59 Å². The zero-order valence-corrected chi connectivity index (χ0v) is 16.0. The third-order valence-corrected chi connectivity index (χ3v) is 5.87. The molecule has 3 fully saturated rings. The second-order valence-electron chi connectivity index (χ2n) is 7.63. The van der Waals surface area contributed by atoms with Crippen LogP contribution < -0.4 is 0 Å². The fraction of sp³-hybridized carbons (Fsp3) is 0.579. The standard InChI is InChI=1S/C19H25N5O3/c1-12-6-7-20-24(12)11-18(25)22-8-15-4-5-16(9-22)23(19(15)26)10-17-13(2)21-27-14(17)3/h6-7,15-16H,4-5,8-11H2,1-3H3. The van der Waals surface area contributed by atoms with Crippen molar-refractivity contribution in [2.24, 2.45) is 5.92 Å². The Kier molecular flexibility index (Phi) is 4.49. The number of hydrogen-bond acceptors (Lipinski definition) is 5. The van der Waals surface area contributed by atoms with Gasteiger partial charge in [0, 0.05) is 36.6 Å². The van der Waals surface area contributed by atoms with Gasteiger partial charge >= 0.3 is 0 Å². The molecule has 0 radical (unpaired) electrons. The number of rotatable bonds is 4. The number of carbonyl (C=O) groups is 2. The van der Waals surface area contributed by atoms with Gasteiger partial charge in [0.2, 0.25) is 11.8 Å². The highest BCUT2D eigenvalue weighted by molar-refractivity contribution is 5.83. The van der Waals surface area contributed by atoms with Gasteiger partial charge in [-0.2, -0.15) is 5.10 Å². The molecule has 2 atom stereocenters. The lowest BCUT2D eigenvalue weighted by atomic mass is 9.93. The topological polar surface area (TPSA) is 84.5 Å². The maximum atomic E-state index is 13.0. The van der Waals surface area contributed by atoms with Gasteiger partial charge < -0.3 is 14.3 Å². The van der Waals surface area contributed by atoms with Crippen LogP contribution in [0.25, 0.3) is 0 Å².